The molecule has 0 aromatic rings. The van der Waals surface area contributed by atoms with Crippen LogP contribution in [0.1, 0.15) is 27.7 Å². The van der Waals surface area contributed by atoms with Gasteiger partial charge < -0.3 is 62.7 Å². The number of methoxy groups -OCH3 is 4. The molecule has 0 aromatic heterocycles. The van der Waals surface area contributed by atoms with Gasteiger partial charge in [-0.15, -0.1) is 0 Å². The lowest BCUT2D eigenvalue weighted by molar-refractivity contribution is -0.378. The Balaban J connectivity index is 1.83. The highest BCUT2D eigenvalue weighted by atomic mass is 16.8. The molecule has 3 aliphatic rings. The van der Waals surface area contributed by atoms with E-state index in [1.54, 1.807) is 20.8 Å². The van der Waals surface area contributed by atoms with Gasteiger partial charge in [-0.05, 0) is 20.8 Å². The molecule has 3 heterocycles. The lowest BCUT2D eigenvalue weighted by Gasteiger charge is -2.49. The van der Waals surface area contributed by atoms with Gasteiger partial charge in [0.2, 0.25) is 0 Å². The Labute approximate surface area is 222 Å². The topological polar surface area (TPSA) is 170 Å². The summed E-state index contributed by atoms with van der Waals surface area (Å²) in [7, 11) is 5.64. The highest BCUT2D eigenvalue weighted by Crippen LogP contribution is 2.35. The Morgan fingerprint density at radius 1 is 0.579 bits per heavy atom. The molecule has 0 radical (unpaired) electrons. The molecule has 3 saturated heterocycles. The van der Waals surface area contributed by atoms with Crippen molar-refractivity contribution in [3.05, 3.63) is 0 Å². The highest BCUT2D eigenvalue weighted by Gasteiger charge is 2.54. The Hall–Kier alpha value is -1.01. The van der Waals surface area contributed by atoms with E-state index < -0.39 is 98.1 Å². The molecule has 14 heteroatoms. The third-order valence-corrected chi connectivity index (χ3v) is 7.23. The molecule has 0 unspecified atom stereocenters. The molecule has 0 aliphatic carbocycles. The first-order valence-corrected chi connectivity index (χ1v) is 12.6. The van der Waals surface area contributed by atoms with Crippen molar-refractivity contribution in [1.29, 1.82) is 0 Å². The zero-order valence-corrected chi connectivity index (χ0v) is 23.0. The van der Waals surface area contributed by atoms with Crippen LogP contribution in [-0.4, -0.2) is 142 Å². The number of hydrogen-bond acceptors (Lipinski definition) is 14. The Morgan fingerprint density at radius 2 is 1.08 bits per heavy atom. The fourth-order valence-corrected chi connectivity index (χ4v) is 5.24. The minimum Gasteiger partial charge on any atom is -0.457 e. The molecule has 0 amide bonds. The van der Waals surface area contributed by atoms with E-state index in [4.69, 9.17) is 47.4 Å². The van der Waals surface area contributed by atoms with E-state index in [9.17, 15) is 20.1 Å². The monoisotopic (exact) mass is 554 g/mol. The van der Waals surface area contributed by atoms with Crippen molar-refractivity contribution >= 4 is 5.97 Å². The van der Waals surface area contributed by atoms with Gasteiger partial charge in [0.05, 0.1) is 18.3 Å². The van der Waals surface area contributed by atoms with Gasteiger partial charge in [-0.1, -0.05) is 0 Å². The van der Waals surface area contributed by atoms with E-state index in [1.165, 1.54) is 35.4 Å². The zero-order chi connectivity index (χ0) is 28.3. The summed E-state index contributed by atoms with van der Waals surface area (Å²) in [6, 6.07) is 0. The van der Waals surface area contributed by atoms with Gasteiger partial charge in [-0.25, -0.2) is 0 Å². The zero-order valence-electron chi connectivity index (χ0n) is 23.0. The molecule has 15 atom stereocenters. The van der Waals surface area contributed by atoms with Crippen molar-refractivity contribution in [2.45, 2.75) is 120 Å². The van der Waals surface area contributed by atoms with Crippen molar-refractivity contribution < 1.29 is 67.5 Å². The maximum Gasteiger partial charge on any atom is 0.303 e. The van der Waals surface area contributed by atoms with Gasteiger partial charge in [0.1, 0.15) is 48.8 Å². The van der Waals surface area contributed by atoms with Gasteiger partial charge >= 0.3 is 5.97 Å². The molecule has 222 valence electrons. The van der Waals surface area contributed by atoms with Crippen LogP contribution in [0.2, 0.25) is 0 Å². The summed E-state index contributed by atoms with van der Waals surface area (Å²) in [6.45, 7) is 6.22. The van der Waals surface area contributed by atoms with E-state index in [1.807, 2.05) is 0 Å². The van der Waals surface area contributed by atoms with Crippen LogP contribution in [0.4, 0.5) is 0 Å². The van der Waals surface area contributed by atoms with Crippen LogP contribution in [0.3, 0.4) is 0 Å². The maximum absolute atomic E-state index is 11.5. The molecule has 0 saturated carbocycles. The highest BCUT2D eigenvalue weighted by molar-refractivity contribution is 5.66. The largest absolute Gasteiger partial charge is 0.457 e. The average molecular weight is 555 g/mol. The summed E-state index contributed by atoms with van der Waals surface area (Å²) in [5, 5.41) is 32.3. The second-order valence-electron chi connectivity index (χ2n) is 9.71. The fourth-order valence-electron chi connectivity index (χ4n) is 5.24. The first kappa shape index (κ1) is 31.5. The second-order valence-corrected chi connectivity index (χ2v) is 9.71. The van der Waals surface area contributed by atoms with Crippen LogP contribution in [0.5, 0.6) is 0 Å². The van der Waals surface area contributed by atoms with Gasteiger partial charge in [0, 0.05) is 35.4 Å². The smallest absolute Gasteiger partial charge is 0.303 e. The summed E-state index contributed by atoms with van der Waals surface area (Å²) >= 11 is 0. The quantitative estimate of drug-likeness (QED) is 0.287. The summed E-state index contributed by atoms with van der Waals surface area (Å²) in [5.41, 5.74) is 0. The Bertz CT molecular complexity index is 740. The summed E-state index contributed by atoms with van der Waals surface area (Å²) in [4.78, 5) is 11.5. The van der Waals surface area contributed by atoms with Crippen molar-refractivity contribution in [3.63, 3.8) is 0 Å². The fraction of sp³-hybridized carbons (Fsp3) is 0.958. The molecule has 0 bridgehead atoms. The van der Waals surface area contributed by atoms with Crippen molar-refractivity contribution in [2.24, 2.45) is 0 Å². The third-order valence-electron chi connectivity index (χ3n) is 7.23. The SMILES string of the molecule is CO[C@@H]1[C@H](O[C@@H]2[C@@H](O)[C@H](C)O[C@@H](O[C@@H]3[C@@H](OC)[C@H](C)O[C@@H](O)[C@@H]3OC)[C@@H]2OC)O[C@@H](C)[C@@H](OC(C)=O)[C@H]1O. The first-order chi connectivity index (χ1) is 18.0. The number of carbonyl (C=O) groups excluding carboxylic acids is 1. The minimum atomic E-state index is -1.28. The predicted octanol–water partition coefficient (Wildman–Crippen LogP) is -1.30. The molecule has 0 aromatic carbocycles. The van der Waals surface area contributed by atoms with E-state index in [-0.39, 0.29) is 0 Å². The molecule has 3 rings (SSSR count). The molecule has 3 aliphatic heterocycles. The number of rotatable bonds is 9. The van der Waals surface area contributed by atoms with Crippen LogP contribution in [0.15, 0.2) is 0 Å². The molecular weight excluding hydrogens is 512 g/mol. The van der Waals surface area contributed by atoms with Gasteiger partial charge in [-0.2, -0.15) is 0 Å². The maximum atomic E-state index is 11.5. The number of esters is 1. The van der Waals surface area contributed by atoms with E-state index >= 15 is 0 Å². The van der Waals surface area contributed by atoms with E-state index in [0.29, 0.717) is 0 Å². The van der Waals surface area contributed by atoms with E-state index in [2.05, 4.69) is 0 Å². The van der Waals surface area contributed by atoms with Crippen molar-refractivity contribution in [1.82, 2.24) is 0 Å². The van der Waals surface area contributed by atoms with Crippen LogP contribution in [-0.2, 0) is 52.2 Å². The average Bonchev–Trinajstić information content (AvgIpc) is 2.85. The van der Waals surface area contributed by atoms with Crippen LogP contribution in [0, 0.1) is 0 Å². The summed E-state index contributed by atoms with van der Waals surface area (Å²) < 4.78 is 57.1. The number of carbonyl (C=O) groups is 1. The van der Waals surface area contributed by atoms with Crippen LogP contribution in [0.25, 0.3) is 0 Å². The minimum absolute atomic E-state index is 0.530. The van der Waals surface area contributed by atoms with Crippen molar-refractivity contribution in [3.8, 4) is 0 Å². The van der Waals surface area contributed by atoms with Crippen LogP contribution < -0.4 is 0 Å². The molecule has 14 nitrogen and oxygen atoms in total. The molecular formula is C24H42O14. The predicted molar refractivity (Wildman–Crippen MR) is 126 cm³/mol. The summed E-state index contributed by atoms with van der Waals surface area (Å²) in [6.07, 6.45) is -14.5. The summed E-state index contributed by atoms with van der Waals surface area (Å²) in [5.74, 6) is -0.580. The number of aliphatic hydroxyl groups excluding tert-OH is 3. The van der Waals surface area contributed by atoms with Crippen molar-refractivity contribution in [2.75, 3.05) is 28.4 Å². The molecule has 38 heavy (non-hydrogen) atoms. The lowest BCUT2D eigenvalue weighted by atomic mass is 9.96. The lowest BCUT2D eigenvalue weighted by Crippen LogP contribution is -2.66. The number of aliphatic hydroxyl groups is 3. The number of hydrogen-bond donors (Lipinski definition) is 3. The first-order valence-electron chi connectivity index (χ1n) is 12.6. The standard InChI is InChI=1S/C24H42O14/c1-9-13(26)17(37-23-18(30-6)14(27)15(10(2)35-23)36-12(4)25)21(32-8)24(34-9)38-19-16(29-5)11(3)33-22(28)20(19)31-7/h9-11,13-24,26-28H,1-8H3/t9-,10-,11-,13-,14+,15+,16-,17+,18-,19+,20+,21+,22+,23-,24-/m0/s1. The van der Waals surface area contributed by atoms with E-state index in [0.717, 1.165) is 0 Å². The molecule has 3 N–H and O–H groups in total. The van der Waals surface area contributed by atoms with Gasteiger partial charge in [0.15, 0.2) is 25.0 Å². The second kappa shape index (κ2) is 13.6. The number of ether oxygens (including phenoxy) is 10. The molecule has 0 spiro atoms. The Morgan fingerprint density at radius 3 is 1.63 bits per heavy atom. The van der Waals surface area contributed by atoms with Gasteiger partial charge in [0.25, 0.3) is 0 Å². The normalized spacial score (nSPS) is 48.0. The Kier molecular flexibility index (Phi) is 11.3. The molecule has 3 fully saturated rings. The van der Waals surface area contributed by atoms with Crippen LogP contribution >= 0.6 is 0 Å². The van der Waals surface area contributed by atoms with Gasteiger partial charge in [-0.3, -0.25) is 4.79 Å². The third kappa shape index (κ3) is 6.48.